The first-order valence-electron chi connectivity index (χ1n) is 10.4. The van der Waals surface area contributed by atoms with Crippen LogP contribution in [0.25, 0.3) is 0 Å². The molecule has 0 bridgehead atoms. The average Bonchev–Trinajstić information content (AvgIpc) is 3.24. The number of likely N-dealkylation sites (N-methyl/N-ethyl adjacent to an activating group) is 1. The van der Waals surface area contributed by atoms with E-state index < -0.39 is 6.09 Å². The van der Waals surface area contributed by atoms with E-state index in [-0.39, 0.29) is 18.4 Å². The predicted molar refractivity (Wildman–Crippen MR) is 114 cm³/mol. The monoisotopic (exact) mass is 394 g/mol. The molecule has 1 aliphatic rings. The normalized spacial score (nSPS) is 16.2. The first-order valence-corrected chi connectivity index (χ1v) is 10.4. The molecule has 29 heavy (non-hydrogen) atoms. The van der Waals surface area contributed by atoms with Crippen LogP contribution in [0.2, 0.25) is 0 Å². The van der Waals surface area contributed by atoms with Crippen LogP contribution in [-0.4, -0.2) is 54.4 Å². The maximum absolute atomic E-state index is 12.8. The summed E-state index contributed by atoms with van der Waals surface area (Å²) >= 11 is 0. The highest BCUT2D eigenvalue weighted by Gasteiger charge is 2.35. The smallest absolute Gasteiger partial charge is 0.410 e. The molecular weight excluding hydrogens is 364 g/mol. The van der Waals surface area contributed by atoms with E-state index in [2.05, 4.69) is 17.0 Å². The van der Waals surface area contributed by atoms with Crippen LogP contribution < -0.4 is 0 Å². The van der Waals surface area contributed by atoms with E-state index in [1.807, 2.05) is 55.6 Å². The van der Waals surface area contributed by atoms with Crippen LogP contribution >= 0.6 is 0 Å². The summed E-state index contributed by atoms with van der Waals surface area (Å²) in [6.07, 6.45) is 3.17. The second kappa shape index (κ2) is 10.8. The zero-order valence-electron chi connectivity index (χ0n) is 17.1. The van der Waals surface area contributed by atoms with E-state index in [1.54, 1.807) is 4.90 Å². The molecule has 0 unspecified atom stereocenters. The topological polar surface area (TPSA) is 49.9 Å². The highest BCUT2D eigenvalue weighted by atomic mass is 16.6. The summed E-state index contributed by atoms with van der Waals surface area (Å²) in [5, 5.41) is 0. The van der Waals surface area contributed by atoms with Crippen molar-refractivity contribution in [2.45, 2.75) is 38.3 Å². The Morgan fingerprint density at radius 3 is 2.38 bits per heavy atom. The molecule has 0 N–H and O–H groups in total. The Morgan fingerprint density at radius 2 is 1.69 bits per heavy atom. The Morgan fingerprint density at radius 1 is 1.03 bits per heavy atom. The van der Waals surface area contributed by atoms with Gasteiger partial charge in [0.05, 0.1) is 12.6 Å². The lowest BCUT2D eigenvalue weighted by Crippen LogP contribution is -2.44. The molecule has 1 amide bonds. The molecule has 0 aliphatic carbocycles. The second-order valence-corrected chi connectivity index (χ2v) is 7.68. The van der Waals surface area contributed by atoms with E-state index in [0.717, 1.165) is 37.8 Å². The summed E-state index contributed by atoms with van der Waals surface area (Å²) < 4.78 is 5.43. The van der Waals surface area contributed by atoms with Crippen molar-refractivity contribution in [1.29, 1.82) is 0 Å². The van der Waals surface area contributed by atoms with E-state index >= 15 is 0 Å². The summed E-state index contributed by atoms with van der Waals surface area (Å²) in [4.78, 5) is 28.9. The van der Waals surface area contributed by atoms with E-state index in [4.69, 9.17) is 4.74 Å². The number of amides is 1. The van der Waals surface area contributed by atoms with Crippen molar-refractivity contribution in [2.24, 2.45) is 0 Å². The highest BCUT2D eigenvalue weighted by molar-refractivity contribution is 5.89. The number of hydrogen-bond acceptors (Lipinski definition) is 4. The fraction of sp³-hybridized carbons (Fsp3) is 0.417. The molecule has 1 atom stereocenters. The van der Waals surface area contributed by atoms with E-state index in [1.165, 1.54) is 5.56 Å². The Labute approximate surface area is 173 Å². The minimum Gasteiger partial charge on any atom is -0.445 e. The molecule has 0 saturated carbocycles. The van der Waals surface area contributed by atoms with Crippen molar-refractivity contribution in [3.05, 3.63) is 71.8 Å². The molecule has 5 nitrogen and oxygen atoms in total. The number of carbonyl (C=O) groups excluding carboxylic acids is 2. The third-order valence-corrected chi connectivity index (χ3v) is 5.34. The number of hydrogen-bond donors (Lipinski definition) is 0. The first-order chi connectivity index (χ1) is 14.1. The van der Waals surface area contributed by atoms with Gasteiger partial charge in [0.25, 0.3) is 0 Å². The second-order valence-electron chi connectivity index (χ2n) is 7.68. The van der Waals surface area contributed by atoms with Gasteiger partial charge in [-0.3, -0.25) is 14.6 Å². The number of ether oxygens (including phenoxy) is 1. The van der Waals surface area contributed by atoms with Gasteiger partial charge in [-0.25, -0.2) is 4.79 Å². The summed E-state index contributed by atoms with van der Waals surface area (Å²) in [6.45, 7) is 2.03. The van der Waals surface area contributed by atoms with Crippen molar-refractivity contribution in [3.63, 3.8) is 0 Å². The van der Waals surface area contributed by atoms with Crippen LogP contribution in [0.15, 0.2) is 60.7 Å². The third-order valence-electron chi connectivity index (χ3n) is 5.34. The molecular formula is C24H30N2O3. The van der Waals surface area contributed by atoms with Gasteiger partial charge in [-0.15, -0.1) is 0 Å². The SMILES string of the molecule is CN(CCCc1ccccc1)CC(=O)[C@@H]1CCCN1C(=O)OCc1ccccc1. The van der Waals surface area contributed by atoms with Gasteiger partial charge in [0.1, 0.15) is 6.61 Å². The van der Waals surface area contributed by atoms with Crippen LogP contribution in [0.3, 0.4) is 0 Å². The highest BCUT2D eigenvalue weighted by Crippen LogP contribution is 2.20. The molecule has 5 heteroatoms. The number of likely N-dealkylation sites (tertiary alicyclic amines) is 1. The number of rotatable bonds is 9. The maximum Gasteiger partial charge on any atom is 0.410 e. The lowest BCUT2D eigenvalue weighted by atomic mass is 10.1. The summed E-state index contributed by atoms with van der Waals surface area (Å²) in [5.41, 5.74) is 2.26. The molecule has 2 aromatic carbocycles. The van der Waals surface area contributed by atoms with Crippen molar-refractivity contribution < 1.29 is 14.3 Å². The van der Waals surface area contributed by atoms with Gasteiger partial charge in [0.2, 0.25) is 0 Å². The van der Waals surface area contributed by atoms with Gasteiger partial charge < -0.3 is 4.74 Å². The fourth-order valence-corrected chi connectivity index (χ4v) is 3.77. The van der Waals surface area contributed by atoms with Crippen molar-refractivity contribution >= 4 is 11.9 Å². The number of Topliss-reactive ketones (excluding diaryl/α,β-unsaturated/α-hetero) is 1. The standard InChI is InChI=1S/C24H30N2O3/c1-25(16-8-14-20-10-4-2-5-11-20)18-23(27)22-15-9-17-26(22)24(28)29-19-21-12-6-3-7-13-21/h2-7,10-13,22H,8-9,14-19H2,1H3/t22-/m0/s1. The van der Waals surface area contributed by atoms with Gasteiger partial charge in [0, 0.05) is 6.54 Å². The fourth-order valence-electron chi connectivity index (χ4n) is 3.77. The Balaban J connectivity index is 1.43. The van der Waals surface area contributed by atoms with Crippen molar-refractivity contribution in [3.8, 4) is 0 Å². The average molecular weight is 395 g/mol. The maximum atomic E-state index is 12.8. The van der Waals surface area contributed by atoms with E-state index in [0.29, 0.717) is 13.1 Å². The summed E-state index contributed by atoms with van der Waals surface area (Å²) in [7, 11) is 1.97. The minimum absolute atomic E-state index is 0.0985. The van der Waals surface area contributed by atoms with Gasteiger partial charge in [-0.1, -0.05) is 60.7 Å². The Bertz CT molecular complexity index is 779. The van der Waals surface area contributed by atoms with Crippen LogP contribution in [-0.2, 0) is 22.6 Å². The number of benzene rings is 2. The Hall–Kier alpha value is -2.66. The zero-order valence-corrected chi connectivity index (χ0v) is 17.1. The number of carbonyl (C=O) groups is 2. The van der Waals surface area contributed by atoms with Gasteiger partial charge in [-0.05, 0) is 50.4 Å². The summed E-state index contributed by atoms with van der Waals surface area (Å²) in [5.74, 6) is 0.0985. The van der Waals surface area contributed by atoms with Gasteiger partial charge in [-0.2, -0.15) is 0 Å². The van der Waals surface area contributed by atoms with Crippen LogP contribution in [0.1, 0.15) is 30.4 Å². The van der Waals surface area contributed by atoms with E-state index in [9.17, 15) is 9.59 Å². The molecule has 2 aromatic rings. The lowest BCUT2D eigenvalue weighted by Gasteiger charge is -2.25. The first kappa shape index (κ1) is 21.1. The van der Waals surface area contributed by atoms with Crippen LogP contribution in [0.5, 0.6) is 0 Å². The molecule has 1 aliphatic heterocycles. The van der Waals surface area contributed by atoms with Crippen molar-refractivity contribution in [1.82, 2.24) is 9.80 Å². The van der Waals surface area contributed by atoms with Crippen molar-refractivity contribution in [2.75, 3.05) is 26.7 Å². The predicted octanol–water partition coefficient (Wildman–Crippen LogP) is 3.92. The Kier molecular flexibility index (Phi) is 7.82. The molecule has 1 heterocycles. The van der Waals surface area contributed by atoms with Crippen LogP contribution in [0.4, 0.5) is 4.79 Å². The number of aryl methyl sites for hydroxylation is 1. The minimum atomic E-state index is -0.392. The molecule has 154 valence electrons. The molecule has 1 saturated heterocycles. The molecule has 0 spiro atoms. The molecule has 0 radical (unpaired) electrons. The molecule has 1 fully saturated rings. The lowest BCUT2D eigenvalue weighted by molar-refractivity contribution is -0.123. The molecule has 0 aromatic heterocycles. The third kappa shape index (κ3) is 6.43. The van der Waals surface area contributed by atoms with Gasteiger partial charge in [0.15, 0.2) is 5.78 Å². The summed E-state index contributed by atoms with van der Waals surface area (Å²) in [6, 6.07) is 19.6. The number of ketones is 1. The van der Waals surface area contributed by atoms with Crippen LogP contribution in [0, 0.1) is 0 Å². The largest absolute Gasteiger partial charge is 0.445 e. The quantitative estimate of drug-likeness (QED) is 0.647. The number of nitrogens with zero attached hydrogens (tertiary/aromatic N) is 2. The van der Waals surface area contributed by atoms with Gasteiger partial charge >= 0.3 is 6.09 Å². The molecule has 3 rings (SSSR count). The zero-order chi connectivity index (χ0) is 20.5.